The third-order valence-electron chi connectivity index (χ3n) is 4.50. The predicted molar refractivity (Wildman–Crippen MR) is 115 cm³/mol. The van der Waals surface area contributed by atoms with Crippen molar-refractivity contribution in [3.63, 3.8) is 0 Å². The Hall–Kier alpha value is -2.44. The van der Waals surface area contributed by atoms with Gasteiger partial charge in [0.2, 0.25) is 0 Å². The number of para-hydroxylation sites is 1. The lowest BCUT2D eigenvalue weighted by molar-refractivity contribution is 0.0527. The van der Waals surface area contributed by atoms with Crippen LogP contribution in [0.5, 0.6) is 0 Å². The third-order valence-corrected chi connectivity index (χ3v) is 4.50. The number of rotatable bonds is 7. The van der Waals surface area contributed by atoms with Gasteiger partial charge in [0, 0.05) is 45.5 Å². The molecule has 0 saturated carbocycles. The van der Waals surface area contributed by atoms with Crippen LogP contribution in [-0.2, 0) is 4.74 Å². The molecule has 28 heavy (non-hydrogen) atoms. The minimum absolute atomic E-state index is 0.376. The second kappa shape index (κ2) is 10.8. The number of alkyl carbamates (subject to hydrolysis) is 1. The second-order valence-electron chi connectivity index (χ2n) is 8.10. The van der Waals surface area contributed by atoms with Crippen molar-refractivity contribution in [3.05, 3.63) is 30.3 Å². The van der Waals surface area contributed by atoms with Gasteiger partial charge in [-0.25, -0.2) is 4.79 Å². The summed E-state index contributed by atoms with van der Waals surface area (Å²) in [5.74, 6) is 1.41. The zero-order valence-corrected chi connectivity index (χ0v) is 17.6. The number of ether oxygens (including phenoxy) is 1. The first kappa shape index (κ1) is 21.9. The highest BCUT2D eigenvalue weighted by molar-refractivity contribution is 5.79. The maximum absolute atomic E-state index is 11.6. The van der Waals surface area contributed by atoms with E-state index < -0.39 is 5.60 Å². The summed E-state index contributed by atoms with van der Waals surface area (Å²) in [6, 6.07) is 10.6. The Morgan fingerprint density at radius 3 is 2.57 bits per heavy atom. The quantitative estimate of drug-likeness (QED) is 0.380. The first-order valence-electron chi connectivity index (χ1n) is 10.1. The topological polar surface area (TPSA) is 78.0 Å². The molecule has 1 aliphatic rings. The smallest absolute Gasteiger partial charge is 0.407 e. The molecule has 1 heterocycles. The van der Waals surface area contributed by atoms with Crippen LogP contribution in [0.4, 0.5) is 10.5 Å². The van der Waals surface area contributed by atoms with Crippen molar-refractivity contribution in [2.45, 2.75) is 39.2 Å². The number of anilines is 1. The zero-order chi connectivity index (χ0) is 20.4. The number of hydrogen-bond donors (Lipinski definition) is 3. The molecule has 7 nitrogen and oxygen atoms in total. The Morgan fingerprint density at radius 2 is 1.89 bits per heavy atom. The van der Waals surface area contributed by atoms with Gasteiger partial charge < -0.3 is 25.6 Å². The maximum Gasteiger partial charge on any atom is 0.407 e. The molecule has 1 unspecified atom stereocenters. The van der Waals surface area contributed by atoms with Gasteiger partial charge >= 0.3 is 6.09 Å². The fourth-order valence-electron chi connectivity index (χ4n) is 3.13. The Morgan fingerprint density at radius 1 is 1.18 bits per heavy atom. The summed E-state index contributed by atoms with van der Waals surface area (Å²) in [4.78, 5) is 18.3. The molecule has 0 radical (unpaired) electrons. The van der Waals surface area contributed by atoms with Gasteiger partial charge in [-0.3, -0.25) is 4.99 Å². The number of amides is 1. The number of nitrogens with one attached hydrogen (secondary N) is 3. The SMILES string of the molecule is CN=C(NCCCNC(=O)OC(C)(C)C)NCC1CCN(c2ccccc2)C1. The Labute approximate surface area is 168 Å². The van der Waals surface area contributed by atoms with Crippen molar-refractivity contribution < 1.29 is 9.53 Å². The highest BCUT2D eigenvalue weighted by Crippen LogP contribution is 2.22. The lowest BCUT2D eigenvalue weighted by Gasteiger charge is -2.20. The van der Waals surface area contributed by atoms with Crippen LogP contribution in [0.3, 0.4) is 0 Å². The molecule has 0 bridgehead atoms. The van der Waals surface area contributed by atoms with E-state index in [0.29, 0.717) is 12.5 Å². The average molecular weight is 390 g/mol. The van der Waals surface area contributed by atoms with Crippen LogP contribution in [0.1, 0.15) is 33.6 Å². The van der Waals surface area contributed by atoms with Crippen LogP contribution >= 0.6 is 0 Å². The van der Waals surface area contributed by atoms with E-state index in [4.69, 9.17) is 4.74 Å². The van der Waals surface area contributed by atoms with Crippen molar-refractivity contribution in [1.29, 1.82) is 0 Å². The van der Waals surface area contributed by atoms with Crippen molar-refractivity contribution in [3.8, 4) is 0 Å². The summed E-state index contributed by atoms with van der Waals surface area (Å²) in [6.45, 7) is 9.92. The number of hydrogen-bond acceptors (Lipinski definition) is 4. The minimum atomic E-state index is -0.468. The molecule has 3 N–H and O–H groups in total. The Balaban J connectivity index is 1.59. The van der Waals surface area contributed by atoms with E-state index in [0.717, 1.165) is 38.6 Å². The third kappa shape index (κ3) is 8.06. The first-order valence-corrected chi connectivity index (χ1v) is 10.1. The lowest BCUT2D eigenvalue weighted by Crippen LogP contribution is -2.41. The highest BCUT2D eigenvalue weighted by Gasteiger charge is 2.22. The monoisotopic (exact) mass is 389 g/mol. The average Bonchev–Trinajstić information content (AvgIpc) is 3.12. The Kier molecular flexibility index (Phi) is 8.42. The summed E-state index contributed by atoms with van der Waals surface area (Å²) < 4.78 is 5.21. The van der Waals surface area contributed by atoms with Crippen LogP contribution in [0.25, 0.3) is 0 Å². The van der Waals surface area contributed by atoms with Gasteiger partial charge in [0.15, 0.2) is 5.96 Å². The number of benzene rings is 1. The molecule has 1 aliphatic heterocycles. The number of aliphatic imine (C=N–C) groups is 1. The van der Waals surface area contributed by atoms with E-state index in [2.05, 4.69) is 56.2 Å². The van der Waals surface area contributed by atoms with Crippen LogP contribution < -0.4 is 20.9 Å². The highest BCUT2D eigenvalue weighted by atomic mass is 16.6. The molecule has 1 saturated heterocycles. The summed E-state index contributed by atoms with van der Waals surface area (Å²) in [6.07, 6.45) is 1.60. The second-order valence-corrected chi connectivity index (χ2v) is 8.10. The molecular weight excluding hydrogens is 354 g/mol. The molecule has 0 aliphatic carbocycles. The largest absolute Gasteiger partial charge is 0.444 e. The summed E-state index contributed by atoms with van der Waals surface area (Å²) >= 11 is 0. The van der Waals surface area contributed by atoms with E-state index >= 15 is 0 Å². The number of carbonyl (C=O) groups is 1. The molecule has 7 heteroatoms. The van der Waals surface area contributed by atoms with Gasteiger partial charge in [0.1, 0.15) is 5.60 Å². The fraction of sp³-hybridized carbons (Fsp3) is 0.619. The Bertz CT molecular complexity index is 627. The van der Waals surface area contributed by atoms with Gasteiger partial charge in [-0.15, -0.1) is 0 Å². The van der Waals surface area contributed by atoms with Crippen LogP contribution in [-0.4, -0.2) is 57.4 Å². The molecule has 1 aromatic rings. The molecule has 0 spiro atoms. The molecule has 0 aromatic heterocycles. The molecule has 1 aromatic carbocycles. The van der Waals surface area contributed by atoms with Crippen molar-refractivity contribution >= 4 is 17.7 Å². The molecule has 1 fully saturated rings. The van der Waals surface area contributed by atoms with Gasteiger partial charge in [-0.05, 0) is 51.7 Å². The van der Waals surface area contributed by atoms with Crippen LogP contribution in [0.15, 0.2) is 35.3 Å². The standard InChI is InChI=1S/C21H35N5O2/c1-21(2,3)28-20(27)24-13-8-12-23-19(22-4)25-15-17-11-14-26(16-17)18-9-6-5-7-10-18/h5-7,9-10,17H,8,11-16H2,1-4H3,(H,24,27)(H2,22,23,25). The van der Waals surface area contributed by atoms with E-state index in [1.807, 2.05) is 20.8 Å². The van der Waals surface area contributed by atoms with E-state index in [1.165, 1.54) is 12.1 Å². The first-order chi connectivity index (χ1) is 13.4. The van der Waals surface area contributed by atoms with Crippen LogP contribution in [0, 0.1) is 5.92 Å². The molecule has 1 atom stereocenters. The maximum atomic E-state index is 11.6. The van der Waals surface area contributed by atoms with Crippen molar-refractivity contribution in [1.82, 2.24) is 16.0 Å². The summed E-state index contributed by atoms with van der Waals surface area (Å²) in [7, 11) is 1.78. The van der Waals surface area contributed by atoms with Crippen molar-refractivity contribution in [2.75, 3.05) is 44.7 Å². The van der Waals surface area contributed by atoms with Gasteiger partial charge in [0.05, 0.1) is 0 Å². The lowest BCUT2D eigenvalue weighted by atomic mass is 10.1. The number of carbonyl (C=O) groups excluding carboxylic acids is 1. The minimum Gasteiger partial charge on any atom is -0.444 e. The fourth-order valence-corrected chi connectivity index (χ4v) is 3.13. The van der Waals surface area contributed by atoms with Crippen molar-refractivity contribution in [2.24, 2.45) is 10.9 Å². The molecule has 2 rings (SSSR count). The van der Waals surface area contributed by atoms with E-state index in [-0.39, 0.29) is 6.09 Å². The summed E-state index contributed by atoms with van der Waals surface area (Å²) in [5.41, 5.74) is 0.829. The van der Waals surface area contributed by atoms with Crippen LogP contribution in [0.2, 0.25) is 0 Å². The van der Waals surface area contributed by atoms with E-state index in [1.54, 1.807) is 7.05 Å². The summed E-state index contributed by atoms with van der Waals surface area (Å²) in [5, 5.41) is 9.47. The molecule has 1 amide bonds. The molecular formula is C21H35N5O2. The molecule has 156 valence electrons. The van der Waals surface area contributed by atoms with E-state index in [9.17, 15) is 4.79 Å². The normalized spacial score (nSPS) is 17.4. The number of nitrogens with zero attached hydrogens (tertiary/aromatic N) is 2. The van der Waals surface area contributed by atoms with Gasteiger partial charge in [-0.1, -0.05) is 18.2 Å². The zero-order valence-electron chi connectivity index (χ0n) is 17.6. The van der Waals surface area contributed by atoms with Gasteiger partial charge in [0.25, 0.3) is 0 Å². The van der Waals surface area contributed by atoms with Gasteiger partial charge in [-0.2, -0.15) is 0 Å². The number of guanidine groups is 1. The predicted octanol–water partition coefficient (Wildman–Crippen LogP) is 2.59.